The predicted octanol–water partition coefficient (Wildman–Crippen LogP) is 7.14. The standard InChI is InChI=1S/C28H24Br2ClFN4O4/c1-4-15(2)27-35-21-9-8-17(29)11-20(21)28(38)36(27)33-13-16-10-22(39-3)26(25(31)24(16)30)40-14-23(37)34-19-7-5-6-18(32)12-19/h5-13,15H,4,14H2,1-3H3,(H,34,37)/t15-/m1/s1. The van der Waals surface area contributed by atoms with Crippen LogP contribution in [0.5, 0.6) is 11.5 Å². The fourth-order valence-corrected chi connectivity index (χ4v) is 4.80. The molecule has 0 saturated carbocycles. The Morgan fingerprint density at radius 2 is 2.02 bits per heavy atom. The van der Waals surface area contributed by atoms with Crippen LogP contribution in [-0.2, 0) is 4.79 Å². The van der Waals surface area contributed by atoms with Gasteiger partial charge in [-0.25, -0.2) is 9.37 Å². The molecule has 8 nitrogen and oxygen atoms in total. The third-order valence-corrected chi connectivity index (χ3v) is 7.97. The van der Waals surface area contributed by atoms with Gasteiger partial charge in [0.2, 0.25) is 0 Å². The van der Waals surface area contributed by atoms with Crippen LogP contribution < -0.4 is 20.3 Å². The lowest BCUT2D eigenvalue weighted by atomic mass is 10.1. The van der Waals surface area contributed by atoms with Gasteiger partial charge in [-0.2, -0.15) is 9.78 Å². The van der Waals surface area contributed by atoms with E-state index in [4.69, 9.17) is 26.1 Å². The first kappa shape index (κ1) is 29.7. The van der Waals surface area contributed by atoms with Crippen molar-refractivity contribution in [2.75, 3.05) is 19.0 Å². The molecular formula is C28H24Br2ClFN4O4. The molecule has 0 saturated heterocycles. The van der Waals surface area contributed by atoms with Crippen molar-refractivity contribution in [3.63, 3.8) is 0 Å². The molecule has 1 amide bonds. The Morgan fingerprint density at radius 1 is 1.25 bits per heavy atom. The number of amides is 1. The van der Waals surface area contributed by atoms with E-state index in [0.717, 1.165) is 10.9 Å². The fourth-order valence-electron chi connectivity index (χ4n) is 3.78. The van der Waals surface area contributed by atoms with E-state index >= 15 is 0 Å². The van der Waals surface area contributed by atoms with Crippen LogP contribution in [0.15, 0.2) is 67.4 Å². The van der Waals surface area contributed by atoms with Crippen LogP contribution in [-0.4, -0.2) is 35.5 Å². The van der Waals surface area contributed by atoms with Gasteiger partial charge in [-0.05, 0) is 64.8 Å². The van der Waals surface area contributed by atoms with Crippen LogP contribution in [0.1, 0.15) is 37.6 Å². The van der Waals surface area contributed by atoms with Gasteiger partial charge in [-0.3, -0.25) is 9.59 Å². The Morgan fingerprint density at radius 3 is 2.73 bits per heavy atom. The summed E-state index contributed by atoms with van der Waals surface area (Å²) in [5.74, 6) is -0.139. The molecular weight excluding hydrogens is 671 g/mol. The molecule has 0 unspecified atom stereocenters. The average molecular weight is 695 g/mol. The van der Waals surface area contributed by atoms with Crippen molar-refractivity contribution in [2.24, 2.45) is 5.10 Å². The number of carbonyl (C=O) groups excluding carboxylic acids is 1. The molecule has 12 heteroatoms. The van der Waals surface area contributed by atoms with E-state index < -0.39 is 18.3 Å². The van der Waals surface area contributed by atoms with Gasteiger partial charge < -0.3 is 14.8 Å². The normalized spacial score (nSPS) is 12.1. The maximum Gasteiger partial charge on any atom is 0.282 e. The number of rotatable bonds is 9. The molecule has 4 rings (SSSR count). The van der Waals surface area contributed by atoms with Gasteiger partial charge in [-0.1, -0.05) is 47.4 Å². The lowest BCUT2D eigenvalue weighted by Gasteiger charge is -2.16. The van der Waals surface area contributed by atoms with Crippen LogP contribution >= 0.6 is 43.5 Å². The van der Waals surface area contributed by atoms with Gasteiger partial charge in [-0.15, -0.1) is 0 Å². The van der Waals surface area contributed by atoms with Crippen molar-refractivity contribution in [1.29, 1.82) is 0 Å². The topological polar surface area (TPSA) is 94.8 Å². The van der Waals surface area contributed by atoms with Gasteiger partial charge in [0, 0.05) is 26.1 Å². The van der Waals surface area contributed by atoms with Crippen molar-refractivity contribution < 1.29 is 18.7 Å². The smallest absolute Gasteiger partial charge is 0.282 e. The summed E-state index contributed by atoms with van der Waals surface area (Å²) in [5.41, 5.74) is 1.07. The van der Waals surface area contributed by atoms with Crippen molar-refractivity contribution in [3.05, 3.63) is 90.1 Å². The molecule has 0 radical (unpaired) electrons. The first-order valence-electron chi connectivity index (χ1n) is 12.1. The first-order chi connectivity index (χ1) is 19.1. The van der Waals surface area contributed by atoms with E-state index in [9.17, 15) is 14.0 Å². The summed E-state index contributed by atoms with van der Waals surface area (Å²) >= 11 is 13.4. The number of nitrogens with zero attached hydrogens (tertiary/aromatic N) is 3. The van der Waals surface area contributed by atoms with E-state index in [0.29, 0.717) is 32.5 Å². The molecule has 0 spiro atoms. The first-order valence-corrected chi connectivity index (χ1v) is 14.1. The number of halogens is 4. The minimum atomic E-state index is -0.516. The second kappa shape index (κ2) is 12.9. The molecule has 1 N–H and O–H groups in total. The van der Waals surface area contributed by atoms with Crippen LogP contribution in [0.25, 0.3) is 10.9 Å². The molecule has 1 heterocycles. The molecule has 1 atom stereocenters. The minimum absolute atomic E-state index is 0.0336. The summed E-state index contributed by atoms with van der Waals surface area (Å²) < 4.78 is 27.0. The monoisotopic (exact) mass is 692 g/mol. The number of hydrogen-bond acceptors (Lipinski definition) is 6. The molecule has 4 aromatic rings. The molecule has 0 aliphatic heterocycles. The van der Waals surface area contributed by atoms with Crippen LogP contribution in [0.3, 0.4) is 0 Å². The number of anilines is 1. The maximum atomic E-state index is 13.4. The zero-order valence-electron chi connectivity index (χ0n) is 21.7. The number of benzene rings is 3. The van der Waals surface area contributed by atoms with Crippen LogP contribution in [0.4, 0.5) is 10.1 Å². The van der Waals surface area contributed by atoms with Gasteiger partial charge in [0.15, 0.2) is 18.1 Å². The van der Waals surface area contributed by atoms with Gasteiger partial charge in [0.25, 0.3) is 11.5 Å². The van der Waals surface area contributed by atoms with Crippen molar-refractivity contribution >= 4 is 72.2 Å². The number of hydrogen-bond donors (Lipinski definition) is 1. The highest BCUT2D eigenvalue weighted by atomic mass is 79.9. The Bertz CT molecular complexity index is 1680. The largest absolute Gasteiger partial charge is 0.493 e. The Kier molecular flexibility index (Phi) is 9.60. The van der Waals surface area contributed by atoms with E-state index in [1.165, 1.54) is 36.2 Å². The highest BCUT2D eigenvalue weighted by molar-refractivity contribution is 9.10. The van der Waals surface area contributed by atoms with Crippen molar-refractivity contribution in [1.82, 2.24) is 9.66 Å². The predicted molar refractivity (Wildman–Crippen MR) is 162 cm³/mol. The van der Waals surface area contributed by atoms with E-state index in [1.54, 1.807) is 24.3 Å². The molecule has 3 aromatic carbocycles. The van der Waals surface area contributed by atoms with E-state index in [2.05, 4.69) is 42.3 Å². The summed E-state index contributed by atoms with van der Waals surface area (Å²) in [6.07, 6.45) is 2.23. The van der Waals surface area contributed by atoms with Crippen molar-refractivity contribution in [2.45, 2.75) is 26.2 Å². The lowest BCUT2D eigenvalue weighted by Crippen LogP contribution is -2.23. The highest BCUT2D eigenvalue weighted by Crippen LogP contribution is 2.42. The summed E-state index contributed by atoms with van der Waals surface area (Å²) in [6.45, 7) is 3.58. The summed E-state index contributed by atoms with van der Waals surface area (Å²) in [6, 6.07) is 12.5. The zero-order chi connectivity index (χ0) is 29.0. The molecule has 1 aromatic heterocycles. The molecule has 40 heavy (non-hydrogen) atoms. The van der Waals surface area contributed by atoms with E-state index in [1.807, 2.05) is 19.9 Å². The average Bonchev–Trinajstić information content (AvgIpc) is 2.93. The Hall–Kier alpha value is -3.28. The number of methoxy groups -OCH3 is 1. The molecule has 0 aliphatic rings. The van der Waals surface area contributed by atoms with Gasteiger partial charge in [0.05, 0.1) is 24.2 Å². The highest BCUT2D eigenvalue weighted by Gasteiger charge is 2.20. The van der Waals surface area contributed by atoms with Gasteiger partial charge in [0.1, 0.15) is 16.7 Å². The number of carbonyl (C=O) groups is 1. The number of nitrogens with one attached hydrogen (secondary N) is 1. The van der Waals surface area contributed by atoms with Crippen LogP contribution in [0, 0.1) is 5.82 Å². The molecule has 0 aliphatic carbocycles. The number of fused-ring (bicyclic) bond motifs is 1. The maximum absolute atomic E-state index is 13.4. The van der Waals surface area contributed by atoms with Crippen molar-refractivity contribution in [3.8, 4) is 11.5 Å². The number of ether oxygens (including phenoxy) is 2. The summed E-state index contributed by atoms with van der Waals surface area (Å²) in [5, 5.41) is 7.59. The zero-order valence-corrected chi connectivity index (χ0v) is 25.6. The second-order valence-electron chi connectivity index (χ2n) is 8.77. The lowest BCUT2D eigenvalue weighted by molar-refractivity contribution is -0.118. The minimum Gasteiger partial charge on any atom is -0.493 e. The second-order valence-corrected chi connectivity index (χ2v) is 10.9. The quantitative estimate of drug-likeness (QED) is 0.188. The molecule has 208 valence electrons. The summed E-state index contributed by atoms with van der Waals surface area (Å²) in [4.78, 5) is 30.5. The fraction of sp³-hybridized carbons (Fsp3) is 0.214. The molecule has 0 bridgehead atoms. The van der Waals surface area contributed by atoms with E-state index in [-0.39, 0.29) is 28.0 Å². The Balaban J connectivity index is 1.65. The number of aromatic nitrogens is 2. The summed E-state index contributed by atoms with van der Waals surface area (Å²) in [7, 11) is 1.43. The Labute approximate surface area is 251 Å². The third kappa shape index (κ3) is 6.54. The molecule has 0 fully saturated rings. The van der Waals surface area contributed by atoms with Crippen LogP contribution in [0.2, 0.25) is 5.02 Å². The SMILES string of the molecule is CC[C@@H](C)c1nc2ccc(Br)cc2c(=O)n1N=Cc1cc(OC)c(OCC(=O)Nc2cccc(F)c2)c(Cl)c1Br. The third-order valence-electron chi connectivity index (χ3n) is 6.03. The van der Waals surface area contributed by atoms with Gasteiger partial charge >= 0.3 is 0 Å².